The van der Waals surface area contributed by atoms with Gasteiger partial charge < -0.3 is 0 Å². The maximum Gasteiger partial charge on any atom is 0.196 e. The molecule has 0 bridgehead atoms. The van der Waals surface area contributed by atoms with Crippen molar-refractivity contribution in [1.29, 1.82) is 0 Å². The van der Waals surface area contributed by atoms with Crippen LogP contribution < -0.4 is 0 Å². The number of ketones is 1. The summed E-state index contributed by atoms with van der Waals surface area (Å²) in [6, 6.07) is 9.64. The zero-order chi connectivity index (χ0) is 12.4. The van der Waals surface area contributed by atoms with Crippen LogP contribution in [-0.4, -0.2) is 15.8 Å². The normalized spacial score (nSPS) is 10.3. The van der Waals surface area contributed by atoms with Gasteiger partial charge in [-0.3, -0.25) is 4.79 Å². The highest BCUT2D eigenvalue weighted by Gasteiger charge is 2.09. The molecule has 0 N–H and O–H groups in total. The van der Waals surface area contributed by atoms with E-state index in [1.165, 1.54) is 6.92 Å². The van der Waals surface area contributed by atoms with Crippen molar-refractivity contribution >= 4 is 21.7 Å². The Balaban J connectivity index is 2.60. The lowest BCUT2D eigenvalue weighted by atomic mass is 10.1. The van der Waals surface area contributed by atoms with Gasteiger partial charge in [-0.2, -0.15) is 0 Å². The van der Waals surface area contributed by atoms with Crippen molar-refractivity contribution in [2.45, 2.75) is 13.8 Å². The van der Waals surface area contributed by atoms with Gasteiger partial charge in [0.05, 0.1) is 5.69 Å². The molecule has 0 fully saturated rings. The van der Waals surface area contributed by atoms with Gasteiger partial charge in [-0.15, -0.1) is 0 Å². The summed E-state index contributed by atoms with van der Waals surface area (Å²) >= 11 is 3.47. The third-order valence-corrected chi connectivity index (χ3v) is 3.01. The highest BCUT2D eigenvalue weighted by molar-refractivity contribution is 9.10. The first-order valence-electron chi connectivity index (χ1n) is 5.19. The number of aryl methyl sites for hydroxylation is 1. The number of hydrogen-bond donors (Lipinski definition) is 0. The van der Waals surface area contributed by atoms with Gasteiger partial charge in [0.2, 0.25) is 0 Å². The first-order chi connectivity index (χ1) is 8.08. The fourth-order valence-corrected chi connectivity index (χ4v) is 2.02. The van der Waals surface area contributed by atoms with Crippen LogP contribution in [0.1, 0.15) is 23.2 Å². The Kier molecular flexibility index (Phi) is 3.33. The van der Waals surface area contributed by atoms with Crippen molar-refractivity contribution in [2.75, 3.05) is 0 Å². The molecule has 0 unspecified atom stereocenters. The molecule has 0 saturated heterocycles. The van der Waals surface area contributed by atoms with Crippen LogP contribution in [0.3, 0.4) is 0 Å². The van der Waals surface area contributed by atoms with Crippen LogP contribution in [0.15, 0.2) is 34.8 Å². The summed E-state index contributed by atoms with van der Waals surface area (Å²) in [5, 5.41) is 0. The van der Waals surface area contributed by atoms with Crippen LogP contribution in [0.5, 0.6) is 0 Å². The van der Waals surface area contributed by atoms with E-state index in [-0.39, 0.29) is 11.6 Å². The molecule has 2 rings (SSSR count). The molecule has 4 heteroatoms. The second-order valence-corrected chi connectivity index (χ2v) is 4.61. The summed E-state index contributed by atoms with van der Waals surface area (Å²) in [5.74, 6) is 0.137. The quantitative estimate of drug-likeness (QED) is 0.796. The first-order valence-corrected chi connectivity index (χ1v) is 5.99. The zero-order valence-electron chi connectivity index (χ0n) is 9.57. The Morgan fingerprint density at radius 2 is 1.94 bits per heavy atom. The smallest absolute Gasteiger partial charge is 0.196 e. The minimum atomic E-state index is -0.123. The van der Waals surface area contributed by atoms with E-state index < -0.39 is 0 Å². The number of benzene rings is 1. The predicted molar refractivity (Wildman–Crippen MR) is 69.9 cm³/mol. The highest BCUT2D eigenvalue weighted by Crippen LogP contribution is 2.26. The summed E-state index contributed by atoms with van der Waals surface area (Å²) in [6.45, 7) is 3.33. The minimum absolute atomic E-state index is 0.123. The molecule has 0 aliphatic heterocycles. The SMILES string of the molecule is CC(=O)c1nc(C)cc(-c2ccccc2Br)n1. The van der Waals surface area contributed by atoms with Crippen LogP contribution in [0.4, 0.5) is 0 Å². The average molecular weight is 291 g/mol. The summed E-state index contributed by atoms with van der Waals surface area (Å²) in [6.07, 6.45) is 0. The van der Waals surface area contributed by atoms with Gasteiger partial charge in [0.25, 0.3) is 0 Å². The lowest BCUT2D eigenvalue weighted by Crippen LogP contribution is -2.03. The number of rotatable bonds is 2. The van der Waals surface area contributed by atoms with Crippen LogP contribution in [-0.2, 0) is 0 Å². The molecule has 0 spiro atoms. The molecule has 17 heavy (non-hydrogen) atoms. The summed E-state index contributed by atoms with van der Waals surface area (Å²) in [7, 11) is 0. The Morgan fingerprint density at radius 3 is 2.59 bits per heavy atom. The molecule has 2 aromatic rings. The van der Waals surface area contributed by atoms with Gasteiger partial charge in [-0.1, -0.05) is 34.1 Å². The first kappa shape index (κ1) is 11.9. The van der Waals surface area contributed by atoms with Crippen molar-refractivity contribution in [3.63, 3.8) is 0 Å². The van der Waals surface area contributed by atoms with Gasteiger partial charge in [-0.25, -0.2) is 9.97 Å². The zero-order valence-corrected chi connectivity index (χ0v) is 11.2. The van der Waals surface area contributed by atoms with Gasteiger partial charge >= 0.3 is 0 Å². The molecular weight excluding hydrogens is 280 g/mol. The monoisotopic (exact) mass is 290 g/mol. The number of halogens is 1. The lowest BCUT2D eigenvalue weighted by molar-refractivity contribution is 0.100. The molecule has 86 valence electrons. The van der Waals surface area contributed by atoms with Gasteiger partial charge in [0.1, 0.15) is 0 Å². The van der Waals surface area contributed by atoms with Crippen molar-refractivity contribution < 1.29 is 4.79 Å². The maximum absolute atomic E-state index is 11.3. The molecule has 0 radical (unpaired) electrons. The van der Waals surface area contributed by atoms with Crippen molar-refractivity contribution in [3.8, 4) is 11.3 Å². The third-order valence-electron chi connectivity index (χ3n) is 2.32. The van der Waals surface area contributed by atoms with Crippen LogP contribution in [0, 0.1) is 6.92 Å². The number of carbonyl (C=O) groups excluding carboxylic acids is 1. The van der Waals surface area contributed by atoms with Crippen molar-refractivity contribution in [2.24, 2.45) is 0 Å². The number of carbonyl (C=O) groups is 1. The van der Waals surface area contributed by atoms with Gasteiger partial charge in [-0.05, 0) is 19.1 Å². The highest BCUT2D eigenvalue weighted by atomic mass is 79.9. The van der Waals surface area contributed by atoms with Gasteiger partial charge in [0, 0.05) is 22.7 Å². The fraction of sp³-hybridized carbons (Fsp3) is 0.154. The number of Topliss-reactive ketones (excluding diaryl/α,β-unsaturated/α-hetero) is 1. The summed E-state index contributed by atoms with van der Waals surface area (Å²) in [4.78, 5) is 19.7. The fourth-order valence-electron chi connectivity index (χ4n) is 1.53. The van der Waals surface area contributed by atoms with E-state index in [1.54, 1.807) is 0 Å². The topological polar surface area (TPSA) is 42.9 Å². The Hall–Kier alpha value is -1.55. The van der Waals surface area contributed by atoms with Crippen molar-refractivity contribution in [3.05, 3.63) is 46.3 Å². The predicted octanol–water partition coefficient (Wildman–Crippen LogP) is 3.42. The van der Waals surface area contributed by atoms with Crippen LogP contribution in [0.2, 0.25) is 0 Å². The Morgan fingerprint density at radius 1 is 1.24 bits per heavy atom. The number of hydrogen-bond acceptors (Lipinski definition) is 3. The summed E-state index contributed by atoms with van der Waals surface area (Å²) < 4.78 is 0.951. The average Bonchev–Trinajstić information content (AvgIpc) is 2.28. The molecule has 0 aliphatic rings. The molecule has 0 atom stereocenters. The molecule has 0 aliphatic carbocycles. The van der Waals surface area contributed by atoms with E-state index in [2.05, 4.69) is 25.9 Å². The Labute approximate surface area is 108 Å². The molecule has 1 aromatic heterocycles. The molecule has 0 saturated carbocycles. The third kappa shape index (κ3) is 2.58. The van der Waals surface area contributed by atoms with E-state index >= 15 is 0 Å². The van der Waals surface area contributed by atoms with Crippen LogP contribution in [0.25, 0.3) is 11.3 Å². The van der Waals surface area contributed by atoms with E-state index in [4.69, 9.17) is 0 Å². The molecule has 3 nitrogen and oxygen atoms in total. The van der Waals surface area contributed by atoms with Crippen molar-refractivity contribution in [1.82, 2.24) is 9.97 Å². The minimum Gasteiger partial charge on any atom is -0.291 e. The molecule has 1 aromatic carbocycles. The summed E-state index contributed by atoms with van der Waals surface area (Å²) in [5.41, 5.74) is 2.51. The van der Waals surface area contributed by atoms with Gasteiger partial charge in [0.15, 0.2) is 11.6 Å². The van der Waals surface area contributed by atoms with E-state index in [9.17, 15) is 4.79 Å². The standard InChI is InChI=1S/C13H11BrN2O/c1-8-7-12(16-13(15-8)9(2)17)10-5-3-4-6-11(10)14/h3-7H,1-2H3. The number of aromatic nitrogens is 2. The second-order valence-electron chi connectivity index (χ2n) is 3.75. The Bertz CT molecular complexity index is 581. The number of nitrogens with zero attached hydrogens (tertiary/aromatic N) is 2. The van der Waals surface area contributed by atoms with E-state index in [0.717, 1.165) is 21.4 Å². The molecular formula is C13H11BrN2O. The van der Waals surface area contributed by atoms with E-state index in [1.807, 2.05) is 37.3 Å². The lowest BCUT2D eigenvalue weighted by Gasteiger charge is -2.06. The second kappa shape index (κ2) is 4.75. The molecule has 0 amide bonds. The molecule has 1 heterocycles. The van der Waals surface area contributed by atoms with Crippen LogP contribution >= 0.6 is 15.9 Å². The maximum atomic E-state index is 11.3. The van der Waals surface area contributed by atoms with E-state index in [0.29, 0.717) is 0 Å². The largest absolute Gasteiger partial charge is 0.291 e.